The number of carbonyl (C=O) groups is 1. The number of thiol groups is 1. The standard InChI is InChI=1S/C13H18O2S.C2H6/c1-8-5-9(2)12(10(14)6-8)13(3,4)7-11(15)16;1-2/h5-6,14H,7H2,1-4H3,(H,15,16);1-2H3. The Kier molecular flexibility index (Phi) is 6.47. The van der Waals surface area contributed by atoms with E-state index in [0.29, 0.717) is 6.42 Å². The summed E-state index contributed by atoms with van der Waals surface area (Å²) in [5.74, 6) is 0.261. The summed E-state index contributed by atoms with van der Waals surface area (Å²) in [4.78, 5) is 11.1. The summed E-state index contributed by atoms with van der Waals surface area (Å²) in [7, 11) is 0. The van der Waals surface area contributed by atoms with Crippen LogP contribution in [0.2, 0.25) is 0 Å². The number of aryl methyl sites for hydroxylation is 2. The fourth-order valence-corrected chi connectivity index (χ4v) is 2.69. The number of hydrogen-bond acceptors (Lipinski definition) is 2. The van der Waals surface area contributed by atoms with Crippen molar-refractivity contribution in [2.45, 2.75) is 53.4 Å². The van der Waals surface area contributed by atoms with Gasteiger partial charge in [0.2, 0.25) is 0 Å². The van der Waals surface area contributed by atoms with Crippen LogP contribution in [0.5, 0.6) is 5.75 Å². The maximum absolute atomic E-state index is 11.1. The van der Waals surface area contributed by atoms with E-state index in [1.807, 2.05) is 47.6 Å². The second-order valence-corrected chi connectivity index (χ2v) is 5.43. The fourth-order valence-electron chi connectivity index (χ4n) is 2.29. The molecule has 18 heavy (non-hydrogen) atoms. The second-order valence-electron chi connectivity index (χ2n) is 4.93. The first-order valence-electron chi connectivity index (χ1n) is 6.26. The summed E-state index contributed by atoms with van der Waals surface area (Å²) >= 11 is 3.81. The van der Waals surface area contributed by atoms with E-state index in [2.05, 4.69) is 12.6 Å². The molecule has 1 aromatic rings. The number of phenolic OH excluding ortho intramolecular Hbond substituents is 1. The van der Waals surface area contributed by atoms with E-state index >= 15 is 0 Å². The van der Waals surface area contributed by atoms with Gasteiger partial charge in [0, 0.05) is 17.4 Å². The van der Waals surface area contributed by atoms with Gasteiger partial charge in [0.1, 0.15) is 5.75 Å². The van der Waals surface area contributed by atoms with E-state index in [4.69, 9.17) is 0 Å². The van der Waals surface area contributed by atoms with E-state index in [1.165, 1.54) is 0 Å². The lowest BCUT2D eigenvalue weighted by atomic mass is 9.78. The third-order valence-electron chi connectivity index (χ3n) is 2.73. The van der Waals surface area contributed by atoms with Crippen LogP contribution in [0.4, 0.5) is 0 Å². The molecule has 1 N–H and O–H groups in total. The topological polar surface area (TPSA) is 37.3 Å². The minimum Gasteiger partial charge on any atom is -0.508 e. The number of hydrogen-bond donors (Lipinski definition) is 2. The molecule has 0 heterocycles. The van der Waals surface area contributed by atoms with Crippen LogP contribution in [0.1, 0.15) is 50.8 Å². The SMILES string of the molecule is CC.Cc1cc(C)c(C(C)(C)CC(=O)S)c(O)c1. The monoisotopic (exact) mass is 268 g/mol. The Labute approximate surface area is 116 Å². The van der Waals surface area contributed by atoms with Gasteiger partial charge in [-0.15, -0.1) is 12.6 Å². The zero-order valence-electron chi connectivity index (χ0n) is 12.2. The predicted octanol–water partition coefficient (Wildman–Crippen LogP) is 4.16. The van der Waals surface area contributed by atoms with Crippen molar-refractivity contribution >= 4 is 17.7 Å². The van der Waals surface area contributed by atoms with Gasteiger partial charge in [0.05, 0.1) is 0 Å². The average Bonchev–Trinajstić information content (AvgIpc) is 2.15. The Bertz CT molecular complexity index is 399. The molecule has 1 rings (SSSR count). The quantitative estimate of drug-likeness (QED) is 0.808. The molecule has 0 atom stereocenters. The lowest BCUT2D eigenvalue weighted by Crippen LogP contribution is -2.21. The molecule has 0 aliphatic rings. The molecular weight excluding hydrogens is 244 g/mol. The molecule has 102 valence electrons. The molecule has 0 radical (unpaired) electrons. The smallest absolute Gasteiger partial charge is 0.186 e. The van der Waals surface area contributed by atoms with E-state index in [9.17, 15) is 9.90 Å². The van der Waals surface area contributed by atoms with E-state index in [0.717, 1.165) is 16.7 Å². The number of rotatable bonds is 3. The lowest BCUT2D eigenvalue weighted by molar-refractivity contribution is -0.111. The van der Waals surface area contributed by atoms with Crippen molar-refractivity contribution in [2.75, 3.05) is 0 Å². The van der Waals surface area contributed by atoms with E-state index in [-0.39, 0.29) is 16.3 Å². The molecular formula is C15H24O2S. The van der Waals surface area contributed by atoms with E-state index < -0.39 is 0 Å². The van der Waals surface area contributed by atoms with Gasteiger partial charge in [0.15, 0.2) is 5.12 Å². The molecule has 1 aromatic carbocycles. The zero-order chi connectivity index (χ0) is 14.5. The van der Waals surface area contributed by atoms with Crippen molar-refractivity contribution in [3.63, 3.8) is 0 Å². The van der Waals surface area contributed by atoms with Crippen LogP contribution in [0.3, 0.4) is 0 Å². The number of carbonyl (C=O) groups excluding carboxylic acids is 1. The summed E-state index contributed by atoms with van der Waals surface area (Å²) in [6.07, 6.45) is 0.313. The van der Waals surface area contributed by atoms with Gasteiger partial charge in [-0.2, -0.15) is 0 Å². The highest BCUT2D eigenvalue weighted by Gasteiger charge is 2.27. The first kappa shape index (κ1) is 17.0. The van der Waals surface area contributed by atoms with Crippen molar-refractivity contribution in [2.24, 2.45) is 0 Å². The van der Waals surface area contributed by atoms with Crippen LogP contribution in [0, 0.1) is 13.8 Å². The minimum atomic E-state index is -0.388. The lowest BCUT2D eigenvalue weighted by Gasteiger charge is -2.27. The van der Waals surface area contributed by atoms with Crippen molar-refractivity contribution in [3.8, 4) is 5.75 Å². The van der Waals surface area contributed by atoms with Crippen LogP contribution in [-0.2, 0) is 10.2 Å². The van der Waals surface area contributed by atoms with Crippen LogP contribution in [0.15, 0.2) is 12.1 Å². The molecule has 0 saturated carbocycles. The molecule has 0 unspecified atom stereocenters. The minimum absolute atomic E-state index is 0.163. The largest absolute Gasteiger partial charge is 0.508 e. The van der Waals surface area contributed by atoms with Gasteiger partial charge in [0.25, 0.3) is 0 Å². The van der Waals surface area contributed by atoms with Crippen LogP contribution in [-0.4, -0.2) is 10.2 Å². The molecule has 3 heteroatoms. The van der Waals surface area contributed by atoms with Gasteiger partial charge in [-0.05, 0) is 31.0 Å². The van der Waals surface area contributed by atoms with Gasteiger partial charge >= 0.3 is 0 Å². The highest BCUT2D eigenvalue weighted by atomic mass is 32.1. The molecule has 0 saturated heterocycles. The molecule has 0 aliphatic carbocycles. The van der Waals surface area contributed by atoms with Gasteiger partial charge in [-0.1, -0.05) is 33.8 Å². The van der Waals surface area contributed by atoms with Crippen LogP contribution < -0.4 is 0 Å². The van der Waals surface area contributed by atoms with Crippen molar-refractivity contribution in [1.29, 1.82) is 0 Å². The molecule has 0 aliphatic heterocycles. The summed E-state index contributed by atoms with van der Waals surface area (Å²) in [6, 6.07) is 3.74. The molecule has 0 aromatic heterocycles. The Morgan fingerprint density at radius 2 is 1.78 bits per heavy atom. The predicted molar refractivity (Wildman–Crippen MR) is 80.6 cm³/mol. The molecule has 2 nitrogen and oxygen atoms in total. The highest BCUT2D eigenvalue weighted by Crippen LogP contribution is 2.37. The average molecular weight is 268 g/mol. The third kappa shape index (κ3) is 4.37. The Morgan fingerprint density at radius 1 is 1.28 bits per heavy atom. The van der Waals surface area contributed by atoms with Gasteiger partial charge < -0.3 is 5.11 Å². The molecule has 0 bridgehead atoms. The number of phenols is 1. The van der Waals surface area contributed by atoms with Gasteiger partial charge in [-0.25, -0.2) is 0 Å². The van der Waals surface area contributed by atoms with Crippen LogP contribution >= 0.6 is 12.6 Å². The Morgan fingerprint density at radius 3 is 2.17 bits per heavy atom. The summed E-state index contributed by atoms with van der Waals surface area (Å²) < 4.78 is 0. The maximum atomic E-state index is 11.1. The van der Waals surface area contributed by atoms with Crippen molar-refractivity contribution in [3.05, 3.63) is 28.8 Å². The number of benzene rings is 1. The molecule has 0 fully saturated rings. The fraction of sp³-hybridized carbons (Fsp3) is 0.533. The highest BCUT2D eigenvalue weighted by molar-refractivity contribution is 7.96. The molecule has 0 amide bonds. The van der Waals surface area contributed by atoms with E-state index in [1.54, 1.807) is 6.07 Å². The first-order chi connectivity index (χ1) is 8.24. The second kappa shape index (κ2) is 6.83. The van der Waals surface area contributed by atoms with Crippen molar-refractivity contribution < 1.29 is 9.90 Å². The van der Waals surface area contributed by atoms with Gasteiger partial charge in [-0.3, -0.25) is 4.79 Å². The number of aromatic hydroxyl groups is 1. The zero-order valence-corrected chi connectivity index (χ0v) is 13.1. The molecule has 0 spiro atoms. The summed E-state index contributed by atoms with van der Waals surface area (Å²) in [5, 5.41) is 9.82. The Balaban J connectivity index is 0.00000137. The van der Waals surface area contributed by atoms with Crippen LogP contribution in [0.25, 0.3) is 0 Å². The van der Waals surface area contributed by atoms with Crippen molar-refractivity contribution in [1.82, 2.24) is 0 Å². The summed E-state index contributed by atoms with van der Waals surface area (Å²) in [6.45, 7) is 11.8. The maximum Gasteiger partial charge on any atom is 0.186 e. The normalized spacial score (nSPS) is 10.6. The first-order valence-corrected chi connectivity index (χ1v) is 6.71. The Hall–Kier alpha value is -0.960. The third-order valence-corrected chi connectivity index (χ3v) is 2.89. The summed E-state index contributed by atoms with van der Waals surface area (Å²) in [5.41, 5.74) is 2.48.